The number of hydrogen-bond acceptors (Lipinski definition) is 4. The Hall–Kier alpha value is -1.63. The van der Waals surface area contributed by atoms with Gasteiger partial charge in [0.25, 0.3) is 5.91 Å². The maximum Gasteiger partial charge on any atom is 0.325 e. The molecule has 2 saturated heterocycles. The minimum Gasteiger partial charge on any atom is -0.326 e. The van der Waals surface area contributed by atoms with Gasteiger partial charge in [0.1, 0.15) is 6.04 Å². The Labute approximate surface area is 153 Å². The molecule has 0 aliphatic carbocycles. The molecule has 2 fully saturated rings. The molecule has 1 N–H and O–H groups in total. The van der Waals surface area contributed by atoms with E-state index in [1.807, 2.05) is 19.1 Å². The zero-order valence-electron chi connectivity index (χ0n) is 14.6. The van der Waals surface area contributed by atoms with Crippen molar-refractivity contribution in [1.82, 2.24) is 20.0 Å². The number of piperazine rings is 1. The SMILES string of the molecule is CCC[C@H]1NC(=O)N(CN2CCN(Cc3ccc(Cl)cc3)CC2)C1=O. The second kappa shape index (κ2) is 8.17. The maximum absolute atomic E-state index is 12.3. The van der Waals surface area contributed by atoms with Crippen molar-refractivity contribution < 1.29 is 9.59 Å². The number of carbonyl (C=O) groups is 2. The van der Waals surface area contributed by atoms with Crippen molar-refractivity contribution in [2.75, 3.05) is 32.8 Å². The molecule has 2 aliphatic rings. The second-order valence-electron chi connectivity index (χ2n) is 6.72. The average molecular weight is 365 g/mol. The summed E-state index contributed by atoms with van der Waals surface area (Å²) in [4.78, 5) is 30.2. The molecule has 2 heterocycles. The number of amides is 3. The zero-order valence-corrected chi connectivity index (χ0v) is 15.3. The summed E-state index contributed by atoms with van der Waals surface area (Å²) in [6.45, 7) is 6.84. The summed E-state index contributed by atoms with van der Waals surface area (Å²) in [5, 5.41) is 3.53. The molecule has 6 nitrogen and oxygen atoms in total. The van der Waals surface area contributed by atoms with Crippen LogP contribution in [0.5, 0.6) is 0 Å². The van der Waals surface area contributed by atoms with Crippen molar-refractivity contribution in [2.24, 2.45) is 0 Å². The molecule has 1 atom stereocenters. The predicted molar refractivity (Wildman–Crippen MR) is 97.2 cm³/mol. The van der Waals surface area contributed by atoms with E-state index in [2.05, 4.69) is 27.2 Å². The van der Waals surface area contributed by atoms with Crippen LogP contribution in [0, 0.1) is 0 Å². The highest BCUT2D eigenvalue weighted by Gasteiger charge is 2.38. The lowest BCUT2D eigenvalue weighted by atomic mass is 10.2. The lowest BCUT2D eigenvalue weighted by Crippen LogP contribution is -2.51. The topological polar surface area (TPSA) is 55.9 Å². The largest absolute Gasteiger partial charge is 0.326 e. The van der Waals surface area contributed by atoms with Gasteiger partial charge in [0.15, 0.2) is 0 Å². The number of nitrogens with one attached hydrogen (secondary N) is 1. The summed E-state index contributed by atoms with van der Waals surface area (Å²) in [6, 6.07) is 7.33. The standard InChI is InChI=1S/C18H25ClN4O2/c1-2-3-16-17(24)23(18(25)20-16)13-22-10-8-21(9-11-22)12-14-4-6-15(19)7-5-14/h4-7,16H,2-3,8-13H2,1H3,(H,20,25)/t16-/m1/s1. The van der Waals surface area contributed by atoms with Crippen molar-refractivity contribution >= 4 is 23.5 Å². The van der Waals surface area contributed by atoms with E-state index in [0.29, 0.717) is 13.1 Å². The van der Waals surface area contributed by atoms with Crippen molar-refractivity contribution in [3.05, 3.63) is 34.9 Å². The molecule has 0 aromatic heterocycles. The van der Waals surface area contributed by atoms with Gasteiger partial charge in [-0.05, 0) is 24.1 Å². The quantitative estimate of drug-likeness (QED) is 0.786. The Balaban J connectivity index is 1.47. The normalized spacial score (nSPS) is 22.5. The van der Waals surface area contributed by atoms with E-state index in [0.717, 1.165) is 44.2 Å². The smallest absolute Gasteiger partial charge is 0.325 e. The lowest BCUT2D eigenvalue weighted by molar-refractivity contribution is -0.129. The van der Waals surface area contributed by atoms with Crippen LogP contribution in [0.2, 0.25) is 5.02 Å². The molecule has 0 unspecified atom stereocenters. The van der Waals surface area contributed by atoms with Gasteiger partial charge in [-0.15, -0.1) is 0 Å². The Morgan fingerprint density at radius 1 is 1.08 bits per heavy atom. The van der Waals surface area contributed by atoms with Crippen LogP contribution in [0.3, 0.4) is 0 Å². The fourth-order valence-corrected chi connectivity index (χ4v) is 3.46. The van der Waals surface area contributed by atoms with E-state index < -0.39 is 0 Å². The summed E-state index contributed by atoms with van der Waals surface area (Å²) in [5.74, 6) is -0.0876. The van der Waals surface area contributed by atoms with Gasteiger partial charge in [-0.25, -0.2) is 9.69 Å². The monoisotopic (exact) mass is 364 g/mol. The molecule has 0 radical (unpaired) electrons. The van der Waals surface area contributed by atoms with Gasteiger partial charge in [0.05, 0.1) is 6.67 Å². The fourth-order valence-electron chi connectivity index (χ4n) is 3.33. The van der Waals surface area contributed by atoms with Crippen LogP contribution in [0.4, 0.5) is 4.79 Å². The number of carbonyl (C=O) groups excluding carboxylic acids is 2. The van der Waals surface area contributed by atoms with E-state index in [1.54, 1.807) is 0 Å². The molecule has 1 aromatic carbocycles. The number of nitrogens with zero attached hydrogens (tertiary/aromatic N) is 3. The maximum atomic E-state index is 12.3. The van der Waals surface area contributed by atoms with E-state index in [4.69, 9.17) is 11.6 Å². The highest BCUT2D eigenvalue weighted by atomic mass is 35.5. The van der Waals surface area contributed by atoms with Gasteiger partial charge in [-0.3, -0.25) is 14.6 Å². The minimum absolute atomic E-state index is 0.0876. The van der Waals surface area contributed by atoms with E-state index >= 15 is 0 Å². The summed E-state index contributed by atoms with van der Waals surface area (Å²) in [5.41, 5.74) is 1.24. The van der Waals surface area contributed by atoms with Crippen molar-refractivity contribution in [3.63, 3.8) is 0 Å². The minimum atomic E-state index is -0.344. The fraction of sp³-hybridized carbons (Fsp3) is 0.556. The highest BCUT2D eigenvalue weighted by molar-refractivity contribution is 6.30. The average Bonchev–Trinajstić information content (AvgIpc) is 2.86. The highest BCUT2D eigenvalue weighted by Crippen LogP contribution is 2.15. The number of benzene rings is 1. The molecule has 0 spiro atoms. The lowest BCUT2D eigenvalue weighted by Gasteiger charge is -2.35. The van der Waals surface area contributed by atoms with Gasteiger partial charge in [-0.2, -0.15) is 0 Å². The number of imide groups is 1. The van der Waals surface area contributed by atoms with Gasteiger partial charge >= 0.3 is 6.03 Å². The zero-order chi connectivity index (χ0) is 17.8. The first-order valence-electron chi connectivity index (χ1n) is 8.88. The molecule has 3 rings (SSSR count). The first kappa shape index (κ1) is 18.2. The summed E-state index contributed by atoms with van der Waals surface area (Å²) in [7, 11) is 0. The predicted octanol–water partition coefficient (Wildman–Crippen LogP) is 2.14. The summed E-state index contributed by atoms with van der Waals surface area (Å²) < 4.78 is 0. The second-order valence-corrected chi connectivity index (χ2v) is 7.16. The van der Waals surface area contributed by atoms with Crippen molar-refractivity contribution in [1.29, 1.82) is 0 Å². The third kappa shape index (κ3) is 4.51. The number of hydrogen-bond donors (Lipinski definition) is 1. The first-order chi connectivity index (χ1) is 12.1. The van der Waals surface area contributed by atoms with Crippen LogP contribution in [0.15, 0.2) is 24.3 Å². The Bertz CT molecular complexity index is 614. The number of halogens is 1. The van der Waals surface area contributed by atoms with Crippen LogP contribution in [0.1, 0.15) is 25.3 Å². The van der Waals surface area contributed by atoms with Crippen LogP contribution in [-0.2, 0) is 11.3 Å². The van der Waals surface area contributed by atoms with E-state index in [-0.39, 0.29) is 18.0 Å². The van der Waals surface area contributed by atoms with Crippen molar-refractivity contribution in [2.45, 2.75) is 32.4 Å². The third-order valence-electron chi connectivity index (χ3n) is 4.81. The number of rotatable bonds is 6. The third-order valence-corrected chi connectivity index (χ3v) is 5.06. The van der Waals surface area contributed by atoms with Crippen molar-refractivity contribution in [3.8, 4) is 0 Å². The van der Waals surface area contributed by atoms with Crippen LogP contribution in [0.25, 0.3) is 0 Å². The van der Waals surface area contributed by atoms with Gasteiger partial charge in [-0.1, -0.05) is 37.1 Å². The molecular formula is C18H25ClN4O2. The van der Waals surface area contributed by atoms with Crippen LogP contribution < -0.4 is 5.32 Å². The van der Waals surface area contributed by atoms with E-state index in [9.17, 15) is 9.59 Å². The molecule has 136 valence electrons. The Morgan fingerprint density at radius 2 is 1.72 bits per heavy atom. The van der Waals surface area contributed by atoms with Gasteiger partial charge in [0, 0.05) is 37.7 Å². The molecule has 7 heteroatoms. The summed E-state index contributed by atoms with van der Waals surface area (Å²) in [6.07, 6.45) is 1.59. The number of urea groups is 1. The molecule has 2 aliphatic heterocycles. The first-order valence-corrected chi connectivity index (χ1v) is 9.25. The molecule has 3 amide bonds. The van der Waals surface area contributed by atoms with E-state index in [1.165, 1.54) is 10.5 Å². The van der Waals surface area contributed by atoms with Crippen LogP contribution >= 0.6 is 11.6 Å². The molecule has 1 aromatic rings. The molecule has 0 bridgehead atoms. The molecule has 25 heavy (non-hydrogen) atoms. The van der Waals surface area contributed by atoms with Crippen LogP contribution in [-0.4, -0.2) is 65.5 Å². The summed E-state index contributed by atoms with van der Waals surface area (Å²) >= 11 is 5.92. The van der Waals surface area contributed by atoms with Gasteiger partial charge in [0.2, 0.25) is 0 Å². The van der Waals surface area contributed by atoms with Gasteiger partial charge < -0.3 is 5.32 Å². The molecule has 0 saturated carbocycles. The Morgan fingerprint density at radius 3 is 2.36 bits per heavy atom. The Kier molecular flexibility index (Phi) is 5.93. The molecular weight excluding hydrogens is 340 g/mol.